The summed E-state index contributed by atoms with van der Waals surface area (Å²) < 4.78 is 2.39. The fourth-order valence-electron chi connectivity index (χ4n) is 9.75. The van der Waals surface area contributed by atoms with Crippen molar-refractivity contribution in [1.82, 2.24) is 4.57 Å². The summed E-state index contributed by atoms with van der Waals surface area (Å²) in [4.78, 5) is 0. The largest absolute Gasteiger partial charge is 0.309 e. The summed E-state index contributed by atoms with van der Waals surface area (Å²) in [6.45, 7) is 0. The highest BCUT2D eigenvalue weighted by Gasteiger charge is 2.24. The Labute approximate surface area is 331 Å². The molecule has 1 aliphatic carbocycles. The van der Waals surface area contributed by atoms with Crippen LogP contribution >= 0.6 is 0 Å². The molecular formula is C56H35N. The lowest BCUT2D eigenvalue weighted by molar-refractivity contribution is 1.18. The van der Waals surface area contributed by atoms with Gasteiger partial charge in [-0.1, -0.05) is 176 Å². The van der Waals surface area contributed by atoms with Gasteiger partial charge in [-0.15, -0.1) is 0 Å². The number of hydrogen-bond acceptors (Lipinski definition) is 0. The maximum atomic E-state index is 2.46. The first kappa shape index (κ1) is 31.8. The molecule has 0 N–H and O–H groups in total. The van der Waals surface area contributed by atoms with Gasteiger partial charge in [-0.3, -0.25) is 0 Å². The third kappa shape index (κ3) is 4.76. The molecule has 0 atom stereocenters. The minimum Gasteiger partial charge on any atom is -0.309 e. The van der Waals surface area contributed by atoms with Gasteiger partial charge in [0.25, 0.3) is 0 Å². The van der Waals surface area contributed by atoms with Crippen LogP contribution in [0.15, 0.2) is 212 Å². The number of benzene rings is 10. The SMILES string of the molecule is c1ccc(-n2c3ccccc3c3cc(-c4c5ccccc5c(-c5ccc6c(c5)-c5ccccc5-c5ccccc5-c5ccccc5-6)c5ccccc45)ccc32)cc1. The molecule has 12 rings (SSSR count). The molecule has 57 heavy (non-hydrogen) atoms. The first-order valence-corrected chi connectivity index (χ1v) is 19.8. The van der Waals surface area contributed by atoms with E-state index in [9.17, 15) is 0 Å². The van der Waals surface area contributed by atoms with Gasteiger partial charge in [0.15, 0.2) is 0 Å². The van der Waals surface area contributed by atoms with Crippen LogP contribution in [-0.2, 0) is 0 Å². The monoisotopic (exact) mass is 721 g/mol. The molecule has 1 nitrogen and oxygen atoms in total. The van der Waals surface area contributed by atoms with Gasteiger partial charge in [0, 0.05) is 16.5 Å². The molecule has 0 aliphatic heterocycles. The Kier molecular flexibility index (Phi) is 7.00. The Morgan fingerprint density at radius 2 is 0.596 bits per heavy atom. The van der Waals surface area contributed by atoms with E-state index >= 15 is 0 Å². The van der Waals surface area contributed by atoms with Crippen molar-refractivity contribution in [2.75, 3.05) is 0 Å². The van der Waals surface area contributed by atoms with Crippen molar-refractivity contribution in [1.29, 1.82) is 0 Å². The van der Waals surface area contributed by atoms with E-state index < -0.39 is 0 Å². The van der Waals surface area contributed by atoms with Crippen molar-refractivity contribution < 1.29 is 0 Å². The van der Waals surface area contributed by atoms with Gasteiger partial charge in [-0.05, 0) is 125 Å². The van der Waals surface area contributed by atoms with E-state index in [0.29, 0.717) is 0 Å². The number of nitrogens with zero attached hydrogens (tertiary/aromatic N) is 1. The Hall–Kier alpha value is -7.48. The number of hydrogen-bond donors (Lipinski definition) is 0. The number of aromatic nitrogens is 1. The maximum absolute atomic E-state index is 2.46. The quantitative estimate of drug-likeness (QED) is 0.160. The van der Waals surface area contributed by atoms with Crippen LogP contribution < -0.4 is 0 Å². The first-order chi connectivity index (χ1) is 28.3. The molecule has 0 bridgehead atoms. The minimum atomic E-state index is 1.17. The van der Waals surface area contributed by atoms with E-state index in [2.05, 4.69) is 217 Å². The van der Waals surface area contributed by atoms with Gasteiger partial charge in [0.1, 0.15) is 0 Å². The van der Waals surface area contributed by atoms with Gasteiger partial charge in [0.05, 0.1) is 11.0 Å². The maximum Gasteiger partial charge on any atom is 0.0541 e. The van der Waals surface area contributed by atoms with E-state index in [1.165, 1.54) is 116 Å². The van der Waals surface area contributed by atoms with Gasteiger partial charge in [-0.2, -0.15) is 0 Å². The predicted octanol–water partition coefficient (Wildman–Crippen LogP) is 15.4. The van der Waals surface area contributed by atoms with Crippen molar-refractivity contribution in [2.45, 2.75) is 0 Å². The molecular weight excluding hydrogens is 687 g/mol. The van der Waals surface area contributed by atoms with E-state index in [1.54, 1.807) is 0 Å². The zero-order valence-electron chi connectivity index (χ0n) is 31.2. The second-order valence-electron chi connectivity index (χ2n) is 15.2. The van der Waals surface area contributed by atoms with E-state index in [4.69, 9.17) is 0 Å². The molecule has 0 radical (unpaired) electrons. The van der Waals surface area contributed by atoms with Crippen molar-refractivity contribution in [3.63, 3.8) is 0 Å². The van der Waals surface area contributed by atoms with Crippen LogP contribution in [0.2, 0.25) is 0 Å². The summed E-state index contributed by atoms with van der Waals surface area (Å²) in [5.74, 6) is 0. The molecule has 264 valence electrons. The van der Waals surface area contributed by atoms with Gasteiger partial charge >= 0.3 is 0 Å². The topological polar surface area (TPSA) is 4.93 Å². The zero-order valence-corrected chi connectivity index (χ0v) is 31.2. The molecule has 1 heterocycles. The van der Waals surface area contributed by atoms with Crippen molar-refractivity contribution in [3.05, 3.63) is 212 Å². The normalized spacial score (nSPS) is 11.9. The molecule has 0 fully saturated rings. The molecule has 10 aromatic carbocycles. The lowest BCUT2D eigenvalue weighted by atomic mass is 9.79. The molecule has 1 aromatic heterocycles. The smallest absolute Gasteiger partial charge is 0.0541 e. The highest BCUT2D eigenvalue weighted by atomic mass is 15.0. The number of para-hydroxylation sites is 2. The molecule has 1 heteroatoms. The molecule has 0 amide bonds. The number of rotatable bonds is 3. The highest BCUT2D eigenvalue weighted by Crippen LogP contribution is 2.50. The van der Waals surface area contributed by atoms with Crippen LogP contribution in [0.5, 0.6) is 0 Å². The Morgan fingerprint density at radius 1 is 0.228 bits per heavy atom. The van der Waals surface area contributed by atoms with Crippen LogP contribution in [0.4, 0.5) is 0 Å². The van der Waals surface area contributed by atoms with E-state index in [-0.39, 0.29) is 0 Å². The van der Waals surface area contributed by atoms with Crippen LogP contribution in [0.25, 0.3) is 116 Å². The van der Waals surface area contributed by atoms with Crippen molar-refractivity contribution in [2.24, 2.45) is 0 Å². The fourth-order valence-corrected chi connectivity index (χ4v) is 9.75. The first-order valence-electron chi connectivity index (χ1n) is 19.8. The summed E-state index contributed by atoms with van der Waals surface area (Å²) in [6.07, 6.45) is 0. The molecule has 0 unspecified atom stereocenters. The van der Waals surface area contributed by atoms with Crippen molar-refractivity contribution >= 4 is 43.4 Å². The van der Waals surface area contributed by atoms with Gasteiger partial charge in [-0.25, -0.2) is 0 Å². The molecule has 11 aromatic rings. The summed E-state index contributed by atoms with van der Waals surface area (Å²) in [7, 11) is 0. The Balaban J connectivity index is 1.12. The summed E-state index contributed by atoms with van der Waals surface area (Å²) in [5, 5.41) is 7.53. The molecule has 1 aliphatic rings. The second-order valence-corrected chi connectivity index (χ2v) is 15.2. The number of fused-ring (bicyclic) bond motifs is 13. The van der Waals surface area contributed by atoms with Gasteiger partial charge < -0.3 is 4.57 Å². The van der Waals surface area contributed by atoms with E-state index in [1.807, 2.05) is 0 Å². The second kappa shape index (κ2) is 12.5. The van der Waals surface area contributed by atoms with Crippen LogP contribution in [-0.4, -0.2) is 4.57 Å². The summed E-state index contributed by atoms with van der Waals surface area (Å²) in [6, 6.07) is 78.4. The van der Waals surface area contributed by atoms with E-state index in [0.717, 1.165) is 0 Å². The summed E-state index contributed by atoms with van der Waals surface area (Å²) >= 11 is 0. The van der Waals surface area contributed by atoms with Crippen molar-refractivity contribution in [3.8, 4) is 72.4 Å². The fraction of sp³-hybridized carbons (Fsp3) is 0. The lowest BCUT2D eigenvalue weighted by Gasteiger charge is -2.24. The Bertz CT molecular complexity index is 3340. The third-order valence-corrected chi connectivity index (χ3v) is 12.2. The minimum absolute atomic E-state index is 1.17. The lowest BCUT2D eigenvalue weighted by Crippen LogP contribution is -1.97. The Morgan fingerprint density at radius 3 is 1.12 bits per heavy atom. The summed E-state index contributed by atoms with van der Waals surface area (Å²) in [5.41, 5.74) is 18.6. The zero-order chi connectivity index (χ0) is 37.5. The highest BCUT2D eigenvalue weighted by molar-refractivity contribution is 6.23. The van der Waals surface area contributed by atoms with Gasteiger partial charge in [0.2, 0.25) is 0 Å². The van der Waals surface area contributed by atoms with Crippen LogP contribution in [0.1, 0.15) is 0 Å². The standard InChI is InChI=1S/C56H35N/c1-2-16-38(17-3-1)57-53-29-15-14-24-46(53)52-35-37(31-33-54(52)57)56-49-27-12-10-25-47(49)55(48-26-11-13-28-50(48)56)36-30-32-45-43-22-7-6-20-41(43)39-18-4-5-19-40(39)42-21-8-9-23-44(42)51(45)34-36/h1-35H. The molecule has 0 spiro atoms. The average molecular weight is 722 g/mol. The molecule has 0 saturated heterocycles. The molecule has 0 saturated carbocycles. The average Bonchev–Trinajstić information content (AvgIpc) is 3.61. The van der Waals surface area contributed by atoms with Crippen LogP contribution in [0.3, 0.4) is 0 Å². The van der Waals surface area contributed by atoms with Crippen LogP contribution in [0, 0.1) is 0 Å². The third-order valence-electron chi connectivity index (χ3n) is 12.2. The predicted molar refractivity (Wildman–Crippen MR) is 242 cm³/mol.